The van der Waals surface area contributed by atoms with Crippen LogP contribution in [0.2, 0.25) is 0 Å². The molecule has 2 bridgehead atoms. The molecule has 0 radical (unpaired) electrons. The van der Waals surface area contributed by atoms with Gasteiger partial charge in [0.2, 0.25) is 15.9 Å². The first-order chi connectivity index (χ1) is 15.1. The smallest absolute Gasteiger partial charge is 0.238 e. The minimum atomic E-state index is -3.71. The molecule has 4 N–H and O–H groups in total. The number of phenolic OH excluding ortho intramolecular Hbond substituents is 1. The van der Waals surface area contributed by atoms with Crippen LogP contribution in [0.4, 0.5) is 0 Å². The van der Waals surface area contributed by atoms with E-state index in [1.54, 1.807) is 18.2 Å². The average Bonchev–Trinajstić information content (AvgIpc) is 2.73. The third-order valence-electron chi connectivity index (χ3n) is 7.45. The van der Waals surface area contributed by atoms with Crippen molar-refractivity contribution < 1.29 is 18.3 Å². The van der Waals surface area contributed by atoms with E-state index in [1.165, 1.54) is 17.7 Å². The maximum absolute atomic E-state index is 13.0. The maximum Gasteiger partial charge on any atom is 0.238 e. The molecular formula is C24H31N3O4S. The van der Waals surface area contributed by atoms with Crippen LogP contribution in [0, 0.1) is 5.92 Å². The third-order valence-corrected chi connectivity index (χ3v) is 8.38. The van der Waals surface area contributed by atoms with Crippen molar-refractivity contribution in [3.63, 3.8) is 0 Å². The fraction of sp³-hybridized carbons (Fsp3) is 0.458. The largest absolute Gasteiger partial charge is 0.508 e. The molecule has 2 aromatic carbocycles. The van der Waals surface area contributed by atoms with Crippen molar-refractivity contribution in [2.24, 2.45) is 11.1 Å². The van der Waals surface area contributed by atoms with Gasteiger partial charge >= 0.3 is 0 Å². The number of hydrogen-bond donors (Lipinski definition) is 3. The lowest BCUT2D eigenvalue weighted by atomic mass is 9.56. The second-order valence-electron chi connectivity index (χ2n) is 9.25. The summed E-state index contributed by atoms with van der Waals surface area (Å²) in [6.45, 7) is 3.62. The summed E-state index contributed by atoms with van der Waals surface area (Å²) in [7, 11) is -1.56. The van der Waals surface area contributed by atoms with Crippen molar-refractivity contribution in [2.75, 3.05) is 20.1 Å². The Morgan fingerprint density at radius 3 is 2.66 bits per heavy atom. The number of carbonyl (C=O) groups is 1. The number of piperidine rings is 1. The fourth-order valence-corrected chi connectivity index (χ4v) is 6.06. The van der Waals surface area contributed by atoms with Crippen molar-refractivity contribution in [1.29, 1.82) is 0 Å². The Morgan fingerprint density at radius 2 is 1.97 bits per heavy atom. The molecule has 0 saturated carbocycles. The molecule has 1 aliphatic heterocycles. The van der Waals surface area contributed by atoms with Gasteiger partial charge < -0.3 is 15.3 Å². The zero-order chi connectivity index (χ0) is 23.1. The molecule has 1 heterocycles. The monoisotopic (exact) mass is 457 g/mol. The minimum Gasteiger partial charge on any atom is -0.508 e. The molecule has 0 spiro atoms. The van der Waals surface area contributed by atoms with Crippen LogP contribution in [0.3, 0.4) is 0 Å². The van der Waals surface area contributed by atoms with Crippen molar-refractivity contribution in [1.82, 2.24) is 10.2 Å². The number of benzene rings is 2. The molecule has 1 aliphatic carbocycles. The number of fused-ring (bicyclic) bond motifs is 4. The van der Waals surface area contributed by atoms with E-state index >= 15 is 0 Å². The summed E-state index contributed by atoms with van der Waals surface area (Å²) in [5, 5.41) is 18.3. The molecular weight excluding hydrogens is 426 g/mol. The van der Waals surface area contributed by atoms with Crippen molar-refractivity contribution in [3.8, 4) is 5.75 Å². The number of aromatic hydroxyl groups is 1. The van der Waals surface area contributed by atoms with Crippen molar-refractivity contribution in [2.45, 2.75) is 49.0 Å². The van der Waals surface area contributed by atoms with Crippen LogP contribution in [0.1, 0.15) is 36.5 Å². The summed E-state index contributed by atoms with van der Waals surface area (Å²) in [4.78, 5) is 15.5. The lowest BCUT2D eigenvalue weighted by Gasteiger charge is -2.55. The highest BCUT2D eigenvalue weighted by Gasteiger charge is 2.51. The van der Waals surface area contributed by atoms with Crippen LogP contribution in [0.25, 0.3) is 0 Å². The fourth-order valence-electron chi connectivity index (χ4n) is 5.55. The van der Waals surface area contributed by atoms with Gasteiger partial charge in [-0.2, -0.15) is 0 Å². The average molecular weight is 458 g/mol. The molecule has 3 atom stereocenters. The number of likely N-dealkylation sites (N-methyl/N-ethyl adjacent to an activating group) is 1. The highest BCUT2D eigenvalue weighted by Crippen LogP contribution is 2.51. The van der Waals surface area contributed by atoms with E-state index in [2.05, 4.69) is 24.2 Å². The second-order valence-corrected chi connectivity index (χ2v) is 10.8. The predicted octanol–water partition coefficient (Wildman–Crippen LogP) is 1.92. The summed E-state index contributed by atoms with van der Waals surface area (Å²) in [5.41, 5.74) is 2.98. The molecule has 172 valence electrons. The molecule has 2 aromatic rings. The number of sulfonamides is 1. The van der Waals surface area contributed by atoms with Gasteiger partial charge in [0.25, 0.3) is 0 Å². The highest BCUT2D eigenvalue weighted by atomic mass is 32.2. The number of primary sulfonamides is 1. The third kappa shape index (κ3) is 4.27. The molecule has 8 heteroatoms. The Kier molecular flexibility index (Phi) is 6.04. The standard InChI is InChI=1S/C24H31N3O4S/c1-16-22-13-18-5-6-19(28)14-21(18)24(16,10-12-27(22)2)15-23(29)26-11-9-17-3-7-20(8-4-17)32(25,30)31/h3-8,14,16,22,28H,9-13,15H2,1-2H3,(H,26,29)(H2,25,30,31)/t16-,22+,24+/m0/s1. The quantitative estimate of drug-likeness (QED) is 0.614. The molecule has 0 aromatic heterocycles. The number of hydrogen-bond acceptors (Lipinski definition) is 5. The lowest BCUT2D eigenvalue weighted by molar-refractivity contribution is -0.124. The summed E-state index contributed by atoms with van der Waals surface area (Å²) in [6.07, 6.45) is 2.80. The van der Waals surface area contributed by atoms with E-state index in [-0.39, 0.29) is 22.0 Å². The number of likely N-dealkylation sites (tertiary alicyclic amines) is 1. The second kappa shape index (κ2) is 8.50. The Labute approximate surface area is 189 Å². The molecule has 7 nitrogen and oxygen atoms in total. The molecule has 2 aliphatic rings. The Hall–Kier alpha value is -2.42. The Morgan fingerprint density at radius 1 is 1.25 bits per heavy atom. The van der Waals surface area contributed by atoms with Gasteiger partial charge in [-0.25, -0.2) is 13.6 Å². The highest BCUT2D eigenvalue weighted by molar-refractivity contribution is 7.89. The number of amides is 1. The van der Waals surface area contributed by atoms with E-state index in [0.717, 1.165) is 30.5 Å². The van der Waals surface area contributed by atoms with Gasteiger partial charge in [-0.05, 0) is 79.7 Å². The Balaban J connectivity index is 1.46. The minimum absolute atomic E-state index is 0.00231. The maximum atomic E-state index is 13.0. The van der Waals surface area contributed by atoms with Crippen LogP contribution in [0.5, 0.6) is 5.75 Å². The topological polar surface area (TPSA) is 113 Å². The van der Waals surface area contributed by atoms with Gasteiger partial charge in [0.15, 0.2) is 0 Å². The normalized spacial score (nSPS) is 25.2. The van der Waals surface area contributed by atoms with Crippen LogP contribution >= 0.6 is 0 Å². The summed E-state index contributed by atoms with van der Waals surface area (Å²) in [5.74, 6) is 0.542. The van der Waals surface area contributed by atoms with E-state index in [9.17, 15) is 18.3 Å². The van der Waals surface area contributed by atoms with Crippen LogP contribution in [-0.2, 0) is 33.1 Å². The molecule has 32 heavy (non-hydrogen) atoms. The molecule has 0 unspecified atom stereocenters. The van der Waals surface area contributed by atoms with Gasteiger partial charge in [0.05, 0.1) is 4.90 Å². The lowest BCUT2D eigenvalue weighted by Crippen LogP contribution is -2.59. The molecule has 1 fully saturated rings. The van der Waals surface area contributed by atoms with Gasteiger partial charge in [0, 0.05) is 24.4 Å². The first-order valence-corrected chi connectivity index (χ1v) is 12.6. The van der Waals surface area contributed by atoms with E-state index < -0.39 is 10.0 Å². The van der Waals surface area contributed by atoms with E-state index in [4.69, 9.17) is 5.14 Å². The summed E-state index contributed by atoms with van der Waals surface area (Å²) >= 11 is 0. The number of rotatable bonds is 6. The number of phenols is 1. The number of nitrogens with one attached hydrogen (secondary N) is 1. The van der Waals surface area contributed by atoms with Gasteiger partial charge in [0.1, 0.15) is 5.75 Å². The van der Waals surface area contributed by atoms with E-state index in [1.807, 2.05) is 12.1 Å². The summed E-state index contributed by atoms with van der Waals surface area (Å²) < 4.78 is 22.8. The van der Waals surface area contributed by atoms with Crippen molar-refractivity contribution >= 4 is 15.9 Å². The van der Waals surface area contributed by atoms with Gasteiger partial charge in [-0.15, -0.1) is 0 Å². The number of nitrogens with zero attached hydrogens (tertiary/aromatic N) is 1. The van der Waals surface area contributed by atoms with E-state index in [0.29, 0.717) is 31.3 Å². The SMILES string of the molecule is C[C@H]1[C@H]2Cc3ccc(O)cc3[C@@]1(CC(=O)NCCc1ccc(S(N)(=O)=O)cc1)CCN2C. The zero-order valence-corrected chi connectivity index (χ0v) is 19.4. The molecule has 1 saturated heterocycles. The predicted molar refractivity (Wildman–Crippen MR) is 123 cm³/mol. The van der Waals surface area contributed by atoms with Crippen LogP contribution < -0.4 is 10.5 Å². The number of nitrogens with two attached hydrogens (primary N) is 1. The molecule has 4 rings (SSSR count). The molecule has 1 amide bonds. The Bertz CT molecular complexity index is 1120. The van der Waals surface area contributed by atoms with Crippen LogP contribution in [0.15, 0.2) is 47.4 Å². The van der Waals surface area contributed by atoms with Crippen LogP contribution in [-0.4, -0.2) is 50.5 Å². The number of carbonyl (C=O) groups excluding carboxylic acids is 1. The first kappa shape index (κ1) is 22.8. The zero-order valence-electron chi connectivity index (χ0n) is 18.5. The van der Waals surface area contributed by atoms with Gasteiger partial charge in [-0.3, -0.25) is 4.79 Å². The van der Waals surface area contributed by atoms with Gasteiger partial charge in [-0.1, -0.05) is 25.1 Å². The summed E-state index contributed by atoms with van der Waals surface area (Å²) in [6, 6.07) is 12.4. The van der Waals surface area contributed by atoms with Crippen molar-refractivity contribution in [3.05, 3.63) is 59.2 Å². The first-order valence-electron chi connectivity index (χ1n) is 11.0.